The molecule has 0 radical (unpaired) electrons. The fourth-order valence-corrected chi connectivity index (χ4v) is 2.90. The molecular weight excluding hydrogens is 222 g/mol. The predicted octanol–water partition coefficient (Wildman–Crippen LogP) is 3.26. The van der Waals surface area contributed by atoms with Crippen molar-refractivity contribution in [2.75, 3.05) is 6.54 Å². The number of phenols is 1. The molecule has 1 aromatic rings. The van der Waals surface area contributed by atoms with Crippen LogP contribution < -0.4 is 5.32 Å². The molecule has 1 aromatic carbocycles. The molecule has 3 heteroatoms. The van der Waals surface area contributed by atoms with Crippen molar-refractivity contribution in [2.45, 2.75) is 39.2 Å². The summed E-state index contributed by atoms with van der Waals surface area (Å²) in [4.78, 5) is 0. The van der Waals surface area contributed by atoms with Crippen LogP contribution >= 0.6 is 11.6 Å². The monoisotopic (exact) mass is 239 g/mol. The molecule has 1 fully saturated rings. The summed E-state index contributed by atoms with van der Waals surface area (Å²) in [5.74, 6) is 0.238. The Bertz CT molecular complexity index is 396. The van der Waals surface area contributed by atoms with Gasteiger partial charge in [-0.05, 0) is 57.4 Å². The molecule has 1 aliphatic heterocycles. The molecule has 0 aromatic heterocycles. The highest BCUT2D eigenvalue weighted by molar-refractivity contribution is 6.32. The molecule has 88 valence electrons. The fourth-order valence-electron chi connectivity index (χ4n) is 2.64. The van der Waals surface area contributed by atoms with Gasteiger partial charge in [-0.2, -0.15) is 0 Å². The van der Waals surface area contributed by atoms with Gasteiger partial charge in [0.05, 0.1) is 5.02 Å². The van der Waals surface area contributed by atoms with E-state index in [0.717, 1.165) is 36.1 Å². The molecule has 0 saturated carbocycles. The minimum absolute atomic E-state index is 0.135. The topological polar surface area (TPSA) is 32.3 Å². The summed E-state index contributed by atoms with van der Waals surface area (Å²) >= 11 is 6.05. The SMILES string of the molecule is Cc1cc(Cl)c(O)c(C2(C)CCCN2)c1C. The molecule has 16 heavy (non-hydrogen) atoms. The number of nitrogens with one attached hydrogen (secondary N) is 1. The summed E-state index contributed by atoms with van der Waals surface area (Å²) in [5, 5.41) is 14.1. The number of rotatable bonds is 1. The van der Waals surface area contributed by atoms with Crippen LogP contribution in [0.15, 0.2) is 6.07 Å². The van der Waals surface area contributed by atoms with E-state index in [1.807, 2.05) is 19.9 Å². The first kappa shape index (κ1) is 11.7. The molecule has 1 atom stereocenters. The first-order chi connectivity index (χ1) is 7.46. The average Bonchev–Trinajstić information content (AvgIpc) is 2.63. The number of phenolic OH excluding ortho intramolecular Hbond substituents is 1. The van der Waals surface area contributed by atoms with Gasteiger partial charge in [0.2, 0.25) is 0 Å². The summed E-state index contributed by atoms with van der Waals surface area (Å²) in [5.41, 5.74) is 3.10. The Morgan fingerprint density at radius 2 is 2.12 bits per heavy atom. The lowest BCUT2D eigenvalue weighted by molar-refractivity contribution is 0.392. The second kappa shape index (κ2) is 3.94. The van der Waals surface area contributed by atoms with Crippen LogP contribution in [0, 0.1) is 13.8 Å². The maximum absolute atomic E-state index is 10.2. The molecule has 0 amide bonds. The van der Waals surface area contributed by atoms with Gasteiger partial charge in [-0.3, -0.25) is 0 Å². The summed E-state index contributed by atoms with van der Waals surface area (Å²) in [6.45, 7) is 7.22. The molecule has 0 bridgehead atoms. The molecule has 0 spiro atoms. The summed E-state index contributed by atoms with van der Waals surface area (Å²) in [6, 6.07) is 1.83. The minimum atomic E-state index is -0.135. The first-order valence-electron chi connectivity index (χ1n) is 5.70. The number of aryl methyl sites for hydroxylation is 1. The molecule has 1 heterocycles. The number of aromatic hydroxyl groups is 1. The van der Waals surface area contributed by atoms with Gasteiger partial charge in [-0.25, -0.2) is 0 Å². The van der Waals surface area contributed by atoms with Gasteiger partial charge in [0.25, 0.3) is 0 Å². The van der Waals surface area contributed by atoms with E-state index < -0.39 is 0 Å². The Labute approximate surface area is 102 Å². The van der Waals surface area contributed by atoms with Gasteiger partial charge in [0.1, 0.15) is 5.75 Å². The van der Waals surface area contributed by atoms with E-state index in [2.05, 4.69) is 12.2 Å². The molecule has 1 saturated heterocycles. The third-order valence-corrected chi connectivity index (χ3v) is 3.98. The fraction of sp³-hybridized carbons (Fsp3) is 0.538. The van der Waals surface area contributed by atoms with Crippen LogP contribution in [-0.2, 0) is 5.54 Å². The lowest BCUT2D eigenvalue weighted by Crippen LogP contribution is -2.34. The van der Waals surface area contributed by atoms with Gasteiger partial charge >= 0.3 is 0 Å². The molecule has 1 aliphatic rings. The van der Waals surface area contributed by atoms with Gasteiger partial charge in [-0.1, -0.05) is 11.6 Å². The van der Waals surface area contributed by atoms with Crippen molar-refractivity contribution in [1.82, 2.24) is 5.32 Å². The predicted molar refractivity (Wildman–Crippen MR) is 67.2 cm³/mol. The Morgan fingerprint density at radius 3 is 2.69 bits per heavy atom. The molecule has 0 aliphatic carbocycles. The largest absolute Gasteiger partial charge is 0.506 e. The Kier molecular flexibility index (Phi) is 2.89. The third kappa shape index (κ3) is 1.70. The molecule has 1 unspecified atom stereocenters. The summed E-state index contributed by atoms with van der Waals surface area (Å²) < 4.78 is 0. The van der Waals surface area contributed by atoms with Crippen molar-refractivity contribution in [1.29, 1.82) is 0 Å². The van der Waals surface area contributed by atoms with E-state index in [-0.39, 0.29) is 11.3 Å². The van der Waals surface area contributed by atoms with Gasteiger partial charge < -0.3 is 10.4 Å². The van der Waals surface area contributed by atoms with Crippen LogP contribution in [-0.4, -0.2) is 11.7 Å². The zero-order valence-electron chi connectivity index (χ0n) is 10.0. The highest BCUT2D eigenvalue weighted by Crippen LogP contribution is 2.42. The van der Waals surface area contributed by atoms with Crippen molar-refractivity contribution < 1.29 is 5.11 Å². The van der Waals surface area contributed by atoms with Crippen molar-refractivity contribution in [3.05, 3.63) is 27.8 Å². The van der Waals surface area contributed by atoms with Crippen molar-refractivity contribution in [2.24, 2.45) is 0 Å². The average molecular weight is 240 g/mol. The summed E-state index contributed by atoms with van der Waals surface area (Å²) in [6.07, 6.45) is 2.18. The van der Waals surface area contributed by atoms with E-state index in [4.69, 9.17) is 11.6 Å². The van der Waals surface area contributed by atoms with E-state index in [0.29, 0.717) is 5.02 Å². The number of hydrogen-bond acceptors (Lipinski definition) is 2. The summed E-state index contributed by atoms with van der Waals surface area (Å²) in [7, 11) is 0. The van der Waals surface area contributed by atoms with Gasteiger partial charge in [0.15, 0.2) is 0 Å². The molecule has 2 N–H and O–H groups in total. The Morgan fingerprint density at radius 1 is 1.44 bits per heavy atom. The number of benzene rings is 1. The smallest absolute Gasteiger partial charge is 0.139 e. The van der Waals surface area contributed by atoms with Crippen LogP contribution in [0.5, 0.6) is 5.75 Å². The first-order valence-corrected chi connectivity index (χ1v) is 6.08. The second-order valence-corrected chi connectivity index (χ2v) is 5.29. The minimum Gasteiger partial charge on any atom is -0.506 e. The Hall–Kier alpha value is -0.730. The van der Waals surface area contributed by atoms with E-state index in [1.54, 1.807) is 0 Å². The van der Waals surface area contributed by atoms with Crippen molar-refractivity contribution in [3.8, 4) is 5.75 Å². The maximum Gasteiger partial charge on any atom is 0.139 e. The third-order valence-electron chi connectivity index (χ3n) is 3.69. The van der Waals surface area contributed by atoms with Crippen molar-refractivity contribution in [3.63, 3.8) is 0 Å². The lowest BCUT2D eigenvalue weighted by atomic mass is 9.85. The van der Waals surface area contributed by atoms with Gasteiger partial charge in [0, 0.05) is 11.1 Å². The maximum atomic E-state index is 10.2. The zero-order chi connectivity index (χ0) is 11.9. The van der Waals surface area contributed by atoms with Crippen LogP contribution in [0.4, 0.5) is 0 Å². The van der Waals surface area contributed by atoms with E-state index in [1.165, 1.54) is 0 Å². The molecular formula is C13H18ClNO. The van der Waals surface area contributed by atoms with Crippen LogP contribution in [0.25, 0.3) is 0 Å². The van der Waals surface area contributed by atoms with E-state index >= 15 is 0 Å². The van der Waals surface area contributed by atoms with E-state index in [9.17, 15) is 5.11 Å². The zero-order valence-corrected chi connectivity index (χ0v) is 10.8. The van der Waals surface area contributed by atoms with Crippen molar-refractivity contribution >= 4 is 11.6 Å². The van der Waals surface area contributed by atoms with Gasteiger partial charge in [-0.15, -0.1) is 0 Å². The standard InChI is InChI=1S/C13H18ClNO/c1-8-7-10(14)12(16)11(9(8)2)13(3)5-4-6-15-13/h7,15-16H,4-6H2,1-3H3. The number of hydrogen-bond donors (Lipinski definition) is 2. The molecule has 2 nitrogen and oxygen atoms in total. The quantitative estimate of drug-likeness (QED) is 0.789. The molecule has 2 rings (SSSR count). The second-order valence-electron chi connectivity index (χ2n) is 4.89. The van der Waals surface area contributed by atoms with Crippen LogP contribution in [0.2, 0.25) is 5.02 Å². The highest BCUT2D eigenvalue weighted by atomic mass is 35.5. The highest BCUT2D eigenvalue weighted by Gasteiger charge is 2.34. The van der Waals surface area contributed by atoms with Crippen LogP contribution in [0.1, 0.15) is 36.5 Å². The van der Waals surface area contributed by atoms with Crippen LogP contribution in [0.3, 0.4) is 0 Å². The Balaban J connectivity index is 2.63. The normalized spacial score (nSPS) is 25.0. The number of halogens is 1. The lowest BCUT2D eigenvalue weighted by Gasteiger charge is -2.29.